The molecule has 0 aliphatic carbocycles. The first kappa shape index (κ1) is 10.5. The molecule has 0 aliphatic rings. The number of nitrogens with zero attached hydrogens (tertiary/aromatic N) is 2. The van der Waals surface area contributed by atoms with Gasteiger partial charge >= 0.3 is 0 Å². The lowest BCUT2D eigenvalue weighted by atomic mass is 10.3. The van der Waals surface area contributed by atoms with Gasteiger partial charge in [0.25, 0.3) is 0 Å². The number of rotatable bonds is 2. The Bertz CT molecular complexity index is 485. The maximum absolute atomic E-state index is 12.9. The molecule has 78 valence electrons. The number of aryl methyl sites for hydroxylation is 1. The van der Waals surface area contributed by atoms with Gasteiger partial charge in [-0.3, -0.25) is 0 Å². The number of hydrogen-bond donors (Lipinski definition) is 0. The van der Waals surface area contributed by atoms with Crippen LogP contribution >= 0.6 is 23.3 Å². The van der Waals surface area contributed by atoms with E-state index in [1.807, 2.05) is 0 Å². The molecule has 0 bridgehead atoms. The van der Waals surface area contributed by atoms with Gasteiger partial charge in [0.15, 0.2) is 16.0 Å². The van der Waals surface area contributed by atoms with Gasteiger partial charge in [-0.2, -0.15) is 4.37 Å². The van der Waals surface area contributed by atoms with Crippen molar-refractivity contribution in [3.63, 3.8) is 0 Å². The minimum absolute atomic E-state index is 0.616. The Morgan fingerprint density at radius 1 is 1.27 bits per heavy atom. The summed E-state index contributed by atoms with van der Waals surface area (Å²) in [7, 11) is 0. The Balaban J connectivity index is 2.21. The number of benzene rings is 1. The highest BCUT2D eigenvalue weighted by Gasteiger charge is 2.06. The van der Waals surface area contributed by atoms with Crippen LogP contribution in [-0.4, -0.2) is 9.36 Å². The summed E-state index contributed by atoms with van der Waals surface area (Å²) in [5.74, 6) is -1.00. The van der Waals surface area contributed by atoms with Crippen LogP contribution in [-0.2, 0) is 0 Å². The van der Waals surface area contributed by atoms with Gasteiger partial charge in [-0.25, -0.2) is 13.8 Å². The highest BCUT2D eigenvalue weighted by atomic mass is 32.2. The molecule has 0 saturated heterocycles. The molecule has 2 nitrogen and oxygen atoms in total. The summed E-state index contributed by atoms with van der Waals surface area (Å²) in [5, 5.41) is 0. The lowest BCUT2D eigenvalue weighted by molar-refractivity contribution is 0.506. The third kappa shape index (κ3) is 2.51. The first-order valence-electron chi connectivity index (χ1n) is 4.08. The first-order chi connectivity index (χ1) is 7.15. The molecule has 1 heterocycles. The molecular weight excluding hydrogens is 238 g/mol. The van der Waals surface area contributed by atoms with Crippen LogP contribution < -0.4 is 0 Å². The van der Waals surface area contributed by atoms with Crippen molar-refractivity contribution in [3.05, 3.63) is 35.7 Å². The third-order valence-electron chi connectivity index (χ3n) is 1.61. The highest BCUT2D eigenvalue weighted by molar-refractivity contribution is 8.01. The van der Waals surface area contributed by atoms with E-state index >= 15 is 0 Å². The summed E-state index contributed by atoms with van der Waals surface area (Å²) in [5.41, 5.74) is 0. The Labute approximate surface area is 93.5 Å². The summed E-state index contributed by atoms with van der Waals surface area (Å²) in [6, 6.07) is 3.77. The van der Waals surface area contributed by atoms with Crippen LogP contribution in [0.3, 0.4) is 0 Å². The van der Waals surface area contributed by atoms with Crippen molar-refractivity contribution in [1.29, 1.82) is 0 Å². The van der Waals surface area contributed by atoms with Crippen molar-refractivity contribution in [2.75, 3.05) is 0 Å². The topological polar surface area (TPSA) is 25.8 Å². The summed E-state index contributed by atoms with van der Waals surface area (Å²) in [6.07, 6.45) is 0. The molecule has 0 spiro atoms. The molecule has 6 heteroatoms. The summed E-state index contributed by atoms with van der Waals surface area (Å²) in [4.78, 5) is 4.73. The summed E-state index contributed by atoms with van der Waals surface area (Å²) in [6.45, 7) is 1.78. The lowest BCUT2D eigenvalue weighted by Crippen LogP contribution is -1.83. The van der Waals surface area contributed by atoms with Gasteiger partial charge in [0, 0.05) is 4.90 Å². The zero-order valence-electron chi connectivity index (χ0n) is 7.70. The van der Waals surface area contributed by atoms with Gasteiger partial charge in [-0.1, -0.05) is 11.8 Å². The Morgan fingerprint density at radius 2 is 2.07 bits per heavy atom. The monoisotopic (exact) mass is 244 g/mol. The average molecular weight is 244 g/mol. The number of aromatic nitrogens is 2. The van der Waals surface area contributed by atoms with Crippen LogP contribution in [0.4, 0.5) is 8.78 Å². The van der Waals surface area contributed by atoms with Crippen molar-refractivity contribution in [2.24, 2.45) is 0 Å². The fraction of sp³-hybridized carbons (Fsp3) is 0.111. The van der Waals surface area contributed by atoms with Crippen LogP contribution in [0.25, 0.3) is 0 Å². The maximum atomic E-state index is 12.9. The molecule has 0 saturated carbocycles. The number of hydrogen-bond acceptors (Lipinski definition) is 4. The third-order valence-corrected chi connectivity index (χ3v) is 3.44. The van der Waals surface area contributed by atoms with E-state index in [0.717, 1.165) is 16.5 Å². The van der Waals surface area contributed by atoms with Gasteiger partial charge in [0.1, 0.15) is 5.82 Å². The fourth-order valence-electron chi connectivity index (χ4n) is 0.961. The molecule has 0 N–H and O–H groups in total. The molecule has 0 atom stereocenters. The van der Waals surface area contributed by atoms with Crippen molar-refractivity contribution in [3.8, 4) is 0 Å². The van der Waals surface area contributed by atoms with E-state index in [9.17, 15) is 8.78 Å². The molecular formula is C9H6F2N2S2. The predicted octanol–water partition coefficient (Wildman–Crippen LogP) is 3.28. The molecule has 0 aliphatic heterocycles. The fourth-order valence-corrected chi connectivity index (χ4v) is 2.61. The molecule has 0 amide bonds. The van der Waals surface area contributed by atoms with Crippen LogP contribution in [0.1, 0.15) is 5.82 Å². The molecule has 0 radical (unpaired) electrons. The van der Waals surface area contributed by atoms with Crippen LogP contribution in [0.2, 0.25) is 0 Å². The zero-order valence-corrected chi connectivity index (χ0v) is 9.33. The standard InChI is InChI=1S/C9H6F2N2S2/c1-5-12-9(15-13-5)14-6-2-3-7(10)8(11)4-6/h2-4H,1H3. The summed E-state index contributed by atoms with van der Waals surface area (Å²) >= 11 is 2.51. The van der Waals surface area contributed by atoms with Gasteiger partial charge < -0.3 is 0 Å². The van der Waals surface area contributed by atoms with Crippen molar-refractivity contribution in [2.45, 2.75) is 16.2 Å². The van der Waals surface area contributed by atoms with E-state index in [1.54, 1.807) is 6.92 Å². The van der Waals surface area contributed by atoms with E-state index in [2.05, 4.69) is 9.36 Å². The first-order valence-corrected chi connectivity index (χ1v) is 5.67. The van der Waals surface area contributed by atoms with Crippen molar-refractivity contribution in [1.82, 2.24) is 9.36 Å². The number of halogens is 2. The SMILES string of the molecule is Cc1nsc(Sc2ccc(F)c(F)c2)n1. The van der Waals surface area contributed by atoms with Crippen LogP contribution in [0.15, 0.2) is 27.4 Å². The Kier molecular flexibility index (Phi) is 2.97. The average Bonchev–Trinajstić information content (AvgIpc) is 2.58. The van der Waals surface area contributed by atoms with Crippen molar-refractivity contribution < 1.29 is 8.78 Å². The molecule has 2 rings (SSSR count). The smallest absolute Gasteiger partial charge is 0.174 e. The van der Waals surface area contributed by atoms with Crippen LogP contribution in [0.5, 0.6) is 0 Å². The zero-order chi connectivity index (χ0) is 10.8. The van der Waals surface area contributed by atoms with Crippen molar-refractivity contribution >= 4 is 23.3 Å². The minimum atomic E-state index is -0.846. The van der Waals surface area contributed by atoms with Crippen LogP contribution in [0, 0.1) is 18.6 Å². The molecule has 0 fully saturated rings. The second-order valence-electron chi connectivity index (χ2n) is 2.79. The normalized spacial score (nSPS) is 10.6. The largest absolute Gasteiger partial charge is 0.213 e. The Morgan fingerprint density at radius 3 is 2.67 bits per heavy atom. The summed E-state index contributed by atoms with van der Waals surface area (Å²) < 4.78 is 30.2. The second kappa shape index (κ2) is 4.24. The molecule has 2 aromatic rings. The second-order valence-corrected chi connectivity index (χ2v) is 4.86. The van der Waals surface area contributed by atoms with Gasteiger partial charge in [-0.15, -0.1) is 0 Å². The molecule has 0 unspecified atom stereocenters. The van der Waals surface area contributed by atoms with E-state index in [0.29, 0.717) is 10.7 Å². The maximum Gasteiger partial charge on any atom is 0.174 e. The van der Waals surface area contributed by atoms with E-state index in [1.165, 1.54) is 29.4 Å². The predicted molar refractivity (Wildman–Crippen MR) is 55.1 cm³/mol. The van der Waals surface area contributed by atoms with Gasteiger partial charge in [0.2, 0.25) is 0 Å². The Hall–Kier alpha value is -1.01. The molecule has 1 aromatic carbocycles. The lowest BCUT2D eigenvalue weighted by Gasteiger charge is -1.97. The van der Waals surface area contributed by atoms with E-state index < -0.39 is 11.6 Å². The minimum Gasteiger partial charge on any atom is -0.213 e. The van der Waals surface area contributed by atoms with Gasteiger partial charge in [-0.05, 0) is 36.7 Å². The van der Waals surface area contributed by atoms with Gasteiger partial charge in [0.05, 0.1) is 0 Å². The molecule has 1 aromatic heterocycles. The van der Waals surface area contributed by atoms with E-state index in [-0.39, 0.29) is 0 Å². The highest BCUT2D eigenvalue weighted by Crippen LogP contribution is 2.29. The quantitative estimate of drug-likeness (QED) is 0.810. The van der Waals surface area contributed by atoms with E-state index in [4.69, 9.17) is 0 Å². The molecule has 15 heavy (non-hydrogen) atoms.